The third kappa shape index (κ3) is 3.60. The number of aliphatic hydroxyl groups excluding tert-OH is 1. The molecular formula is C13H18ClNO2. The number of ether oxygens (including phenoxy) is 1. The van der Waals surface area contributed by atoms with Crippen molar-refractivity contribution in [2.75, 3.05) is 26.3 Å². The first kappa shape index (κ1) is 12.7. The summed E-state index contributed by atoms with van der Waals surface area (Å²) >= 11 is 5.87. The van der Waals surface area contributed by atoms with Crippen LogP contribution in [0.25, 0.3) is 0 Å². The van der Waals surface area contributed by atoms with Gasteiger partial charge in [0, 0.05) is 17.6 Å². The van der Waals surface area contributed by atoms with Gasteiger partial charge in [0.1, 0.15) is 12.4 Å². The van der Waals surface area contributed by atoms with E-state index >= 15 is 0 Å². The van der Waals surface area contributed by atoms with Gasteiger partial charge in [-0.1, -0.05) is 17.7 Å². The zero-order valence-electron chi connectivity index (χ0n) is 9.81. The Kier molecular flexibility index (Phi) is 4.66. The average Bonchev–Trinajstić information content (AvgIpc) is 2.77. The highest BCUT2D eigenvalue weighted by molar-refractivity contribution is 6.30. The molecule has 4 heteroatoms. The van der Waals surface area contributed by atoms with Gasteiger partial charge in [-0.25, -0.2) is 0 Å². The summed E-state index contributed by atoms with van der Waals surface area (Å²) < 4.78 is 5.63. The molecule has 1 N–H and O–H groups in total. The molecule has 2 rings (SSSR count). The lowest BCUT2D eigenvalue weighted by molar-refractivity contribution is 0.139. The highest BCUT2D eigenvalue weighted by Gasteiger charge is 2.22. The van der Waals surface area contributed by atoms with Crippen molar-refractivity contribution in [2.24, 2.45) is 0 Å². The highest BCUT2D eigenvalue weighted by Crippen LogP contribution is 2.18. The molecule has 0 aromatic heterocycles. The molecule has 0 saturated carbocycles. The molecule has 0 bridgehead atoms. The Bertz CT molecular complexity index is 359. The summed E-state index contributed by atoms with van der Waals surface area (Å²) in [5, 5.41) is 9.88. The summed E-state index contributed by atoms with van der Waals surface area (Å²) in [7, 11) is 0. The molecule has 1 aliphatic heterocycles. The van der Waals surface area contributed by atoms with Crippen LogP contribution in [-0.4, -0.2) is 42.4 Å². The van der Waals surface area contributed by atoms with Gasteiger partial charge >= 0.3 is 0 Å². The number of likely N-dealkylation sites (tertiary alicyclic amines) is 1. The van der Waals surface area contributed by atoms with Gasteiger partial charge in [-0.05, 0) is 37.6 Å². The number of nitrogens with zero attached hydrogens (tertiary/aromatic N) is 1. The smallest absolute Gasteiger partial charge is 0.120 e. The molecule has 1 aliphatic rings. The second kappa shape index (κ2) is 6.24. The number of benzene rings is 1. The van der Waals surface area contributed by atoms with Crippen LogP contribution in [0.3, 0.4) is 0 Å². The van der Waals surface area contributed by atoms with Crippen molar-refractivity contribution in [3.8, 4) is 5.75 Å². The zero-order chi connectivity index (χ0) is 12.1. The van der Waals surface area contributed by atoms with Crippen LogP contribution >= 0.6 is 11.6 Å². The molecule has 1 heterocycles. The van der Waals surface area contributed by atoms with Gasteiger partial charge < -0.3 is 9.84 Å². The lowest BCUT2D eigenvalue weighted by Crippen LogP contribution is -2.35. The van der Waals surface area contributed by atoms with Crippen molar-refractivity contribution in [1.29, 1.82) is 0 Å². The van der Waals surface area contributed by atoms with Crippen molar-refractivity contribution in [2.45, 2.75) is 18.9 Å². The minimum Gasteiger partial charge on any atom is -0.492 e. The molecule has 1 fully saturated rings. The third-order valence-electron chi connectivity index (χ3n) is 3.15. The lowest BCUT2D eigenvalue weighted by Gasteiger charge is -2.22. The summed E-state index contributed by atoms with van der Waals surface area (Å²) in [6, 6.07) is 7.74. The normalized spacial score (nSPS) is 20.7. The third-order valence-corrected chi connectivity index (χ3v) is 3.39. The standard InChI is InChI=1S/C13H18ClNO2/c14-11-3-1-5-13(9-11)17-8-7-15-6-2-4-12(15)10-16/h1,3,5,9,12,16H,2,4,6-8,10H2/t12-/m1/s1. The van der Waals surface area contributed by atoms with Crippen LogP contribution in [-0.2, 0) is 0 Å². The van der Waals surface area contributed by atoms with Crippen LogP contribution in [0.1, 0.15) is 12.8 Å². The summed E-state index contributed by atoms with van der Waals surface area (Å²) in [4.78, 5) is 2.28. The highest BCUT2D eigenvalue weighted by atomic mass is 35.5. The zero-order valence-corrected chi connectivity index (χ0v) is 10.6. The minimum atomic E-state index is 0.247. The maximum Gasteiger partial charge on any atom is 0.120 e. The van der Waals surface area contributed by atoms with Gasteiger partial charge in [0.2, 0.25) is 0 Å². The van der Waals surface area contributed by atoms with Crippen molar-refractivity contribution in [3.05, 3.63) is 29.3 Å². The Labute approximate surface area is 107 Å². The molecule has 0 amide bonds. The fourth-order valence-electron chi connectivity index (χ4n) is 2.23. The maximum atomic E-state index is 9.19. The summed E-state index contributed by atoms with van der Waals surface area (Å²) in [5.74, 6) is 0.803. The molecule has 1 atom stereocenters. The van der Waals surface area contributed by atoms with Crippen LogP contribution in [0.5, 0.6) is 5.75 Å². The number of rotatable bonds is 5. The first-order chi connectivity index (χ1) is 8.29. The number of aliphatic hydroxyl groups is 1. The Hall–Kier alpha value is -0.770. The van der Waals surface area contributed by atoms with Gasteiger partial charge in [-0.2, -0.15) is 0 Å². The van der Waals surface area contributed by atoms with E-state index in [0.717, 1.165) is 25.3 Å². The largest absolute Gasteiger partial charge is 0.492 e. The molecular weight excluding hydrogens is 238 g/mol. The van der Waals surface area contributed by atoms with Crippen LogP contribution in [0.15, 0.2) is 24.3 Å². The van der Waals surface area contributed by atoms with Crippen molar-refractivity contribution >= 4 is 11.6 Å². The van der Waals surface area contributed by atoms with Crippen LogP contribution in [0.4, 0.5) is 0 Å². The predicted octanol–water partition coefficient (Wildman–Crippen LogP) is 2.18. The molecule has 0 aliphatic carbocycles. The first-order valence-electron chi connectivity index (χ1n) is 6.03. The van der Waals surface area contributed by atoms with E-state index in [1.807, 2.05) is 24.3 Å². The number of hydrogen-bond donors (Lipinski definition) is 1. The maximum absolute atomic E-state index is 9.19. The Balaban J connectivity index is 1.76. The van der Waals surface area contributed by atoms with E-state index in [0.29, 0.717) is 17.7 Å². The molecule has 0 spiro atoms. The molecule has 94 valence electrons. The lowest BCUT2D eigenvalue weighted by atomic mass is 10.2. The molecule has 0 unspecified atom stereocenters. The topological polar surface area (TPSA) is 32.7 Å². The van der Waals surface area contributed by atoms with Crippen molar-refractivity contribution < 1.29 is 9.84 Å². The van der Waals surface area contributed by atoms with E-state index < -0.39 is 0 Å². The Morgan fingerprint density at radius 2 is 2.35 bits per heavy atom. The molecule has 1 aromatic carbocycles. The van der Waals surface area contributed by atoms with Crippen LogP contribution in [0, 0.1) is 0 Å². The molecule has 3 nitrogen and oxygen atoms in total. The van der Waals surface area contributed by atoms with Crippen molar-refractivity contribution in [3.63, 3.8) is 0 Å². The first-order valence-corrected chi connectivity index (χ1v) is 6.40. The van der Waals surface area contributed by atoms with Gasteiger partial charge in [-0.3, -0.25) is 4.90 Å². The minimum absolute atomic E-state index is 0.247. The number of hydrogen-bond acceptors (Lipinski definition) is 3. The molecule has 1 saturated heterocycles. The Morgan fingerprint density at radius 1 is 1.47 bits per heavy atom. The summed E-state index contributed by atoms with van der Waals surface area (Å²) in [6.45, 7) is 2.80. The fraction of sp³-hybridized carbons (Fsp3) is 0.538. The fourth-order valence-corrected chi connectivity index (χ4v) is 2.41. The molecule has 0 radical (unpaired) electrons. The van der Waals surface area contributed by atoms with Gasteiger partial charge in [0.15, 0.2) is 0 Å². The Morgan fingerprint density at radius 3 is 3.12 bits per heavy atom. The monoisotopic (exact) mass is 255 g/mol. The van der Waals surface area contributed by atoms with E-state index in [1.54, 1.807) is 0 Å². The van der Waals surface area contributed by atoms with E-state index in [4.69, 9.17) is 16.3 Å². The van der Waals surface area contributed by atoms with E-state index in [1.165, 1.54) is 6.42 Å². The van der Waals surface area contributed by atoms with E-state index in [9.17, 15) is 5.11 Å². The average molecular weight is 256 g/mol. The SMILES string of the molecule is OC[C@H]1CCCN1CCOc1cccc(Cl)c1. The predicted molar refractivity (Wildman–Crippen MR) is 68.6 cm³/mol. The van der Waals surface area contributed by atoms with Crippen molar-refractivity contribution in [1.82, 2.24) is 4.90 Å². The summed E-state index contributed by atoms with van der Waals surface area (Å²) in [5.41, 5.74) is 0. The van der Waals surface area contributed by atoms with E-state index in [-0.39, 0.29) is 6.61 Å². The van der Waals surface area contributed by atoms with E-state index in [2.05, 4.69) is 4.90 Å². The summed E-state index contributed by atoms with van der Waals surface area (Å²) in [6.07, 6.45) is 2.26. The second-order valence-electron chi connectivity index (χ2n) is 4.32. The number of halogens is 1. The second-order valence-corrected chi connectivity index (χ2v) is 4.76. The van der Waals surface area contributed by atoms with Gasteiger partial charge in [-0.15, -0.1) is 0 Å². The molecule has 17 heavy (non-hydrogen) atoms. The van der Waals surface area contributed by atoms with Crippen LogP contribution < -0.4 is 4.74 Å². The quantitative estimate of drug-likeness (QED) is 0.875. The van der Waals surface area contributed by atoms with Crippen LogP contribution in [0.2, 0.25) is 5.02 Å². The van der Waals surface area contributed by atoms with Gasteiger partial charge in [0.05, 0.1) is 6.61 Å². The molecule has 1 aromatic rings. The van der Waals surface area contributed by atoms with Gasteiger partial charge in [0.25, 0.3) is 0 Å².